The number of amidine groups is 2. The van der Waals surface area contributed by atoms with E-state index in [9.17, 15) is 4.79 Å². The van der Waals surface area contributed by atoms with Crippen LogP contribution >= 0.6 is 0 Å². The van der Waals surface area contributed by atoms with Gasteiger partial charge in [-0.15, -0.1) is 0 Å². The number of fused-ring (bicyclic) bond motifs is 2. The second-order valence-corrected chi connectivity index (χ2v) is 6.38. The minimum Gasteiger partial charge on any atom is -0.497 e. The monoisotopic (exact) mass is 369 g/mol. The van der Waals surface area contributed by atoms with Crippen LogP contribution in [0.5, 0.6) is 5.75 Å². The third-order valence-corrected chi connectivity index (χ3v) is 4.63. The Hall–Kier alpha value is -3.73. The predicted molar refractivity (Wildman–Crippen MR) is 111 cm³/mol. The van der Waals surface area contributed by atoms with Crippen molar-refractivity contribution in [2.75, 3.05) is 7.11 Å². The molecule has 0 bridgehead atoms. The van der Waals surface area contributed by atoms with E-state index in [1.54, 1.807) is 7.11 Å². The Kier molecular flexibility index (Phi) is 4.72. The number of carbonyl (C=O) groups is 1. The van der Waals surface area contributed by atoms with Crippen molar-refractivity contribution in [2.45, 2.75) is 6.54 Å². The van der Waals surface area contributed by atoms with Gasteiger partial charge in [-0.3, -0.25) is 4.79 Å². The number of benzene rings is 2. The van der Waals surface area contributed by atoms with Gasteiger partial charge in [0, 0.05) is 18.3 Å². The van der Waals surface area contributed by atoms with E-state index < -0.39 is 5.91 Å². The maximum absolute atomic E-state index is 11.8. The van der Waals surface area contributed by atoms with E-state index in [1.807, 2.05) is 60.7 Å². The van der Waals surface area contributed by atoms with Crippen LogP contribution in [0, 0.1) is 0 Å². The van der Waals surface area contributed by atoms with Crippen molar-refractivity contribution in [3.63, 3.8) is 0 Å². The highest BCUT2D eigenvalue weighted by atomic mass is 16.5. The summed E-state index contributed by atoms with van der Waals surface area (Å²) in [5.41, 5.74) is 4.07. The van der Waals surface area contributed by atoms with Gasteiger partial charge in [0.2, 0.25) is 0 Å². The van der Waals surface area contributed by atoms with Gasteiger partial charge in [-0.2, -0.15) is 4.99 Å². The van der Waals surface area contributed by atoms with E-state index in [4.69, 9.17) is 4.74 Å². The molecule has 2 aromatic rings. The molecule has 2 aromatic carbocycles. The van der Waals surface area contributed by atoms with E-state index in [0.29, 0.717) is 12.4 Å². The molecule has 5 nitrogen and oxygen atoms in total. The van der Waals surface area contributed by atoms with Crippen LogP contribution in [0.1, 0.15) is 16.7 Å². The summed E-state index contributed by atoms with van der Waals surface area (Å²) in [5, 5.41) is 0. The van der Waals surface area contributed by atoms with Crippen molar-refractivity contribution in [3.05, 3.63) is 96.2 Å². The van der Waals surface area contributed by atoms with Gasteiger partial charge in [-0.25, -0.2) is 4.99 Å². The molecule has 0 atom stereocenters. The van der Waals surface area contributed by atoms with Crippen LogP contribution in [-0.2, 0) is 11.3 Å². The molecule has 2 heterocycles. The Bertz CT molecular complexity index is 1060. The van der Waals surface area contributed by atoms with Crippen molar-refractivity contribution in [2.24, 2.45) is 9.98 Å². The summed E-state index contributed by atoms with van der Waals surface area (Å²) in [6.07, 6.45) is 7.21. The predicted octanol–water partition coefficient (Wildman–Crippen LogP) is 3.98. The summed E-state index contributed by atoms with van der Waals surface area (Å²) in [4.78, 5) is 22.7. The average Bonchev–Trinajstić information content (AvgIpc) is 2.89. The summed E-state index contributed by atoms with van der Waals surface area (Å²) in [5.74, 6) is 1.56. The number of carbonyl (C=O) groups excluding carboxylic acids is 1. The van der Waals surface area contributed by atoms with Crippen LogP contribution in [0.25, 0.3) is 5.57 Å². The molecule has 0 N–H and O–H groups in total. The van der Waals surface area contributed by atoms with Crippen LogP contribution in [0.4, 0.5) is 0 Å². The molecule has 138 valence electrons. The molecular weight excluding hydrogens is 350 g/mol. The van der Waals surface area contributed by atoms with Crippen molar-refractivity contribution < 1.29 is 9.53 Å². The number of aliphatic imine (C=N–C) groups is 2. The maximum Gasteiger partial charge on any atom is 0.271 e. The summed E-state index contributed by atoms with van der Waals surface area (Å²) in [7, 11) is 1.66. The molecule has 0 radical (unpaired) electrons. The van der Waals surface area contributed by atoms with E-state index in [0.717, 1.165) is 33.8 Å². The van der Waals surface area contributed by atoms with Crippen LogP contribution in [0.3, 0.4) is 0 Å². The lowest BCUT2D eigenvalue weighted by Crippen LogP contribution is -2.25. The Balaban J connectivity index is 1.75. The first-order chi connectivity index (χ1) is 13.7. The van der Waals surface area contributed by atoms with Gasteiger partial charge in [0.15, 0.2) is 5.84 Å². The fraction of sp³-hybridized carbons (Fsp3) is 0.0870. The van der Waals surface area contributed by atoms with Gasteiger partial charge in [-0.05, 0) is 47.1 Å². The van der Waals surface area contributed by atoms with Crippen molar-refractivity contribution in [3.8, 4) is 5.75 Å². The number of hydrogen-bond acceptors (Lipinski definition) is 3. The number of nitrogens with zero attached hydrogens (tertiary/aromatic N) is 3. The maximum atomic E-state index is 11.8. The van der Waals surface area contributed by atoms with Gasteiger partial charge in [0.1, 0.15) is 11.6 Å². The van der Waals surface area contributed by atoms with Crippen molar-refractivity contribution in [1.82, 2.24) is 4.90 Å². The van der Waals surface area contributed by atoms with Crippen LogP contribution in [0.15, 0.2) is 89.5 Å². The molecule has 2 aliphatic heterocycles. The molecular formula is C23H19N3O2. The Morgan fingerprint density at radius 3 is 2.71 bits per heavy atom. The first-order valence-corrected chi connectivity index (χ1v) is 8.91. The second kappa shape index (κ2) is 7.48. The highest BCUT2D eigenvalue weighted by Gasteiger charge is 2.22. The van der Waals surface area contributed by atoms with E-state index in [2.05, 4.69) is 27.7 Å². The topological polar surface area (TPSA) is 54.3 Å². The van der Waals surface area contributed by atoms with E-state index >= 15 is 0 Å². The first kappa shape index (κ1) is 17.7. The van der Waals surface area contributed by atoms with Crippen LogP contribution in [0.2, 0.25) is 0 Å². The molecule has 0 saturated heterocycles. The molecule has 0 unspecified atom stereocenters. The molecule has 2 aliphatic rings. The smallest absolute Gasteiger partial charge is 0.271 e. The molecule has 4 rings (SSSR count). The van der Waals surface area contributed by atoms with Gasteiger partial charge in [0.25, 0.3) is 5.91 Å². The standard InChI is InChI=1S/C23H19N3O2/c1-3-22(27)25-23-20-7-5-4-6-18(20)15-26-14-17(10-13-21(26)24-23)16-8-11-19(28-2)12-9-16/h3-14H,1,15H2,2H3/b25-23-. The fourth-order valence-corrected chi connectivity index (χ4v) is 3.18. The summed E-state index contributed by atoms with van der Waals surface area (Å²) < 4.78 is 5.24. The number of methoxy groups -OCH3 is 1. The lowest BCUT2D eigenvalue weighted by Gasteiger charge is -2.23. The molecule has 1 amide bonds. The second-order valence-electron chi connectivity index (χ2n) is 6.38. The zero-order valence-electron chi connectivity index (χ0n) is 15.5. The molecule has 0 aliphatic carbocycles. The van der Waals surface area contributed by atoms with Crippen molar-refractivity contribution >= 4 is 23.2 Å². The molecule has 0 aromatic heterocycles. The lowest BCUT2D eigenvalue weighted by molar-refractivity contribution is -0.113. The Morgan fingerprint density at radius 1 is 1.18 bits per heavy atom. The zero-order valence-corrected chi connectivity index (χ0v) is 15.5. The number of ether oxygens (including phenoxy) is 1. The minimum absolute atomic E-state index is 0.406. The number of hydrogen-bond donors (Lipinski definition) is 0. The largest absolute Gasteiger partial charge is 0.497 e. The molecule has 0 saturated carbocycles. The summed E-state index contributed by atoms with van der Waals surface area (Å²) in [6.45, 7) is 4.13. The van der Waals surface area contributed by atoms with E-state index in [-0.39, 0.29) is 0 Å². The van der Waals surface area contributed by atoms with Gasteiger partial charge in [-0.1, -0.05) is 43.0 Å². The zero-order chi connectivity index (χ0) is 19.5. The van der Waals surface area contributed by atoms with Crippen LogP contribution in [-0.4, -0.2) is 29.6 Å². The average molecular weight is 369 g/mol. The van der Waals surface area contributed by atoms with Gasteiger partial charge >= 0.3 is 0 Å². The number of amides is 1. The summed E-state index contributed by atoms with van der Waals surface area (Å²) in [6, 6.07) is 15.8. The molecule has 28 heavy (non-hydrogen) atoms. The Labute approximate surface area is 163 Å². The van der Waals surface area contributed by atoms with E-state index in [1.165, 1.54) is 6.08 Å². The molecule has 0 spiro atoms. The number of allylic oxidation sites excluding steroid dienone is 2. The molecule has 0 fully saturated rings. The summed E-state index contributed by atoms with van der Waals surface area (Å²) >= 11 is 0. The first-order valence-electron chi connectivity index (χ1n) is 8.91. The van der Waals surface area contributed by atoms with Crippen molar-refractivity contribution in [1.29, 1.82) is 0 Å². The van der Waals surface area contributed by atoms with Gasteiger partial charge in [0.05, 0.1) is 7.11 Å². The quantitative estimate of drug-likeness (QED) is 0.769. The highest BCUT2D eigenvalue weighted by Crippen LogP contribution is 2.27. The van der Waals surface area contributed by atoms with Gasteiger partial charge < -0.3 is 9.64 Å². The lowest BCUT2D eigenvalue weighted by atomic mass is 10.0. The number of rotatable bonds is 3. The minimum atomic E-state index is -0.406. The fourth-order valence-electron chi connectivity index (χ4n) is 3.18. The highest BCUT2D eigenvalue weighted by molar-refractivity contribution is 6.16. The Morgan fingerprint density at radius 2 is 1.96 bits per heavy atom. The van der Waals surface area contributed by atoms with Crippen LogP contribution < -0.4 is 4.74 Å². The third-order valence-electron chi connectivity index (χ3n) is 4.63. The normalized spacial score (nSPS) is 16.5. The SMILES string of the molecule is C=CC(=O)/N=C1\N=C2C=CC(c3ccc(OC)cc3)=CN2Cc2ccccc21. The molecule has 5 heteroatoms. The third kappa shape index (κ3) is 3.42.